The van der Waals surface area contributed by atoms with Gasteiger partial charge in [0, 0.05) is 5.56 Å². The Kier molecular flexibility index (Phi) is 5.10. The Morgan fingerprint density at radius 2 is 1.96 bits per heavy atom. The van der Waals surface area contributed by atoms with Crippen molar-refractivity contribution in [1.29, 1.82) is 0 Å². The third-order valence-corrected chi connectivity index (χ3v) is 4.72. The number of ether oxygens (including phenoxy) is 1. The predicted octanol–water partition coefficient (Wildman–Crippen LogP) is 3.23. The van der Waals surface area contributed by atoms with E-state index in [2.05, 4.69) is 15.3 Å². The summed E-state index contributed by atoms with van der Waals surface area (Å²) < 4.78 is 6.82. The topological polar surface area (TPSA) is 69.4 Å². The van der Waals surface area contributed by atoms with Crippen molar-refractivity contribution < 1.29 is 9.53 Å². The lowest BCUT2D eigenvalue weighted by molar-refractivity contribution is -0.142. The molecule has 0 bridgehead atoms. The van der Waals surface area contributed by atoms with Gasteiger partial charge in [-0.05, 0) is 25.5 Å². The van der Waals surface area contributed by atoms with Crippen molar-refractivity contribution in [1.82, 2.24) is 19.8 Å². The summed E-state index contributed by atoms with van der Waals surface area (Å²) in [4.78, 5) is 12.0. The Balaban J connectivity index is 1.92. The average Bonchev–Trinajstić information content (AvgIpc) is 3.03. The number of rotatable bonds is 6. The molecule has 24 heavy (non-hydrogen) atoms. The van der Waals surface area contributed by atoms with Crippen LogP contribution in [0.25, 0.3) is 17.0 Å². The molecule has 3 aromatic rings. The van der Waals surface area contributed by atoms with Gasteiger partial charge in [0.25, 0.3) is 0 Å². The summed E-state index contributed by atoms with van der Waals surface area (Å²) >= 11 is 1.40. The fourth-order valence-electron chi connectivity index (χ4n) is 2.28. The van der Waals surface area contributed by atoms with Gasteiger partial charge in [0.05, 0.1) is 6.61 Å². The van der Waals surface area contributed by atoms with Crippen LogP contribution >= 0.6 is 11.8 Å². The number of thioether (sulfide) groups is 1. The molecule has 2 heterocycles. The zero-order valence-electron chi connectivity index (χ0n) is 13.5. The minimum atomic E-state index is -0.272. The Hall–Kier alpha value is -2.41. The van der Waals surface area contributed by atoms with E-state index >= 15 is 0 Å². The molecule has 2 aromatic heterocycles. The van der Waals surface area contributed by atoms with Crippen molar-refractivity contribution in [3.05, 3.63) is 42.5 Å². The van der Waals surface area contributed by atoms with E-state index in [1.165, 1.54) is 11.8 Å². The minimum Gasteiger partial charge on any atom is -0.465 e. The molecular formula is C17H18N4O2S. The summed E-state index contributed by atoms with van der Waals surface area (Å²) in [6, 6.07) is 13.5. The highest BCUT2D eigenvalue weighted by Crippen LogP contribution is 2.26. The molecule has 1 unspecified atom stereocenters. The summed E-state index contributed by atoms with van der Waals surface area (Å²) in [6.45, 7) is 4.15. The minimum absolute atomic E-state index is 0.209. The van der Waals surface area contributed by atoms with Crippen molar-refractivity contribution in [3.63, 3.8) is 0 Å². The lowest BCUT2D eigenvalue weighted by Gasteiger charge is -2.12. The number of hydrogen-bond donors (Lipinski definition) is 0. The molecule has 0 saturated heterocycles. The van der Waals surface area contributed by atoms with Crippen LogP contribution in [0.4, 0.5) is 0 Å². The van der Waals surface area contributed by atoms with E-state index < -0.39 is 0 Å². The number of carbonyl (C=O) groups excluding carboxylic acids is 1. The van der Waals surface area contributed by atoms with E-state index in [9.17, 15) is 4.79 Å². The first-order valence-electron chi connectivity index (χ1n) is 7.84. The van der Waals surface area contributed by atoms with Gasteiger partial charge >= 0.3 is 5.97 Å². The first-order valence-corrected chi connectivity index (χ1v) is 8.72. The first-order chi connectivity index (χ1) is 11.7. The van der Waals surface area contributed by atoms with Gasteiger partial charge in [-0.15, -0.1) is 10.2 Å². The van der Waals surface area contributed by atoms with E-state index in [4.69, 9.17) is 4.74 Å². The number of aromatic nitrogens is 4. The van der Waals surface area contributed by atoms with Gasteiger partial charge in [0.15, 0.2) is 11.5 Å². The largest absolute Gasteiger partial charge is 0.465 e. The highest BCUT2D eigenvalue weighted by atomic mass is 32.2. The van der Waals surface area contributed by atoms with Crippen molar-refractivity contribution in [2.45, 2.75) is 30.5 Å². The van der Waals surface area contributed by atoms with Crippen LogP contribution in [0.3, 0.4) is 0 Å². The van der Waals surface area contributed by atoms with Crippen LogP contribution in [0, 0.1) is 0 Å². The molecule has 0 N–H and O–H groups in total. The van der Waals surface area contributed by atoms with E-state index in [1.54, 1.807) is 4.52 Å². The lowest BCUT2D eigenvalue weighted by atomic mass is 10.2. The molecule has 6 nitrogen and oxygen atoms in total. The first kappa shape index (κ1) is 16.4. The fraction of sp³-hybridized carbons (Fsp3) is 0.294. The zero-order chi connectivity index (χ0) is 16.9. The molecular weight excluding hydrogens is 324 g/mol. The maximum Gasteiger partial charge on any atom is 0.319 e. The quantitative estimate of drug-likeness (QED) is 0.506. The van der Waals surface area contributed by atoms with E-state index in [-0.39, 0.29) is 11.2 Å². The van der Waals surface area contributed by atoms with Crippen molar-refractivity contribution >= 4 is 23.4 Å². The van der Waals surface area contributed by atoms with Crippen LogP contribution in [-0.4, -0.2) is 37.6 Å². The average molecular weight is 342 g/mol. The Morgan fingerprint density at radius 1 is 1.17 bits per heavy atom. The number of nitrogens with zero attached hydrogens (tertiary/aromatic N) is 4. The monoisotopic (exact) mass is 342 g/mol. The number of benzene rings is 1. The Morgan fingerprint density at radius 3 is 2.67 bits per heavy atom. The molecule has 124 valence electrons. The maximum absolute atomic E-state index is 12.0. The molecule has 1 aromatic carbocycles. The lowest BCUT2D eigenvalue weighted by Crippen LogP contribution is -2.19. The van der Waals surface area contributed by atoms with E-state index in [1.807, 2.05) is 56.3 Å². The molecule has 0 fully saturated rings. The second-order valence-electron chi connectivity index (χ2n) is 5.10. The van der Waals surface area contributed by atoms with Crippen LogP contribution < -0.4 is 0 Å². The van der Waals surface area contributed by atoms with Gasteiger partial charge in [0.2, 0.25) is 0 Å². The fourth-order valence-corrected chi connectivity index (χ4v) is 3.18. The number of esters is 1. The molecule has 0 aliphatic heterocycles. The molecule has 0 aliphatic rings. The smallest absolute Gasteiger partial charge is 0.319 e. The van der Waals surface area contributed by atoms with E-state index in [0.717, 1.165) is 10.6 Å². The Bertz CT molecular complexity index is 835. The SMILES string of the molecule is CCOC(=O)C(CC)Sc1ccc2nnc(-c3ccccc3)n2n1. The zero-order valence-corrected chi connectivity index (χ0v) is 14.4. The van der Waals surface area contributed by atoms with Crippen LogP contribution in [0.15, 0.2) is 47.5 Å². The van der Waals surface area contributed by atoms with Gasteiger partial charge in [-0.3, -0.25) is 4.79 Å². The maximum atomic E-state index is 12.0. The second kappa shape index (κ2) is 7.44. The van der Waals surface area contributed by atoms with Gasteiger partial charge in [-0.1, -0.05) is 49.0 Å². The Labute approximate surface area is 144 Å². The van der Waals surface area contributed by atoms with Gasteiger partial charge < -0.3 is 4.74 Å². The van der Waals surface area contributed by atoms with Crippen LogP contribution in [0.1, 0.15) is 20.3 Å². The van der Waals surface area contributed by atoms with Crippen LogP contribution in [0.2, 0.25) is 0 Å². The molecule has 3 rings (SSSR count). The molecule has 7 heteroatoms. The molecule has 0 saturated carbocycles. The summed E-state index contributed by atoms with van der Waals surface area (Å²) in [7, 11) is 0. The van der Waals surface area contributed by atoms with Crippen molar-refractivity contribution in [3.8, 4) is 11.4 Å². The molecule has 1 atom stereocenters. The van der Waals surface area contributed by atoms with Crippen molar-refractivity contribution in [2.75, 3.05) is 6.61 Å². The third-order valence-electron chi connectivity index (χ3n) is 3.45. The third kappa shape index (κ3) is 3.41. The molecule has 0 spiro atoms. The number of fused-ring (bicyclic) bond motifs is 1. The number of hydrogen-bond acceptors (Lipinski definition) is 6. The summed E-state index contributed by atoms with van der Waals surface area (Å²) in [5.41, 5.74) is 1.61. The second-order valence-corrected chi connectivity index (χ2v) is 6.32. The highest BCUT2D eigenvalue weighted by Gasteiger charge is 2.20. The normalized spacial score (nSPS) is 12.2. The predicted molar refractivity (Wildman–Crippen MR) is 92.8 cm³/mol. The molecule has 0 amide bonds. The van der Waals surface area contributed by atoms with Gasteiger partial charge in [0.1, 0.15) is 10.3 Å². The standard InChI is InChI=1S/C17H18N4O2S/c1-3-13(17(22)23-4-2)24-15-11-10-14-18-19-16(21(14)20-15)12-8-6-5-7-9-12/h5-11,13H,3-4H2,1-2H3. The van der Waals surface area contributed by atoms with Crippen LogP contribution in [-0.2, 0) is 9.53 Å². The summed E-state index contributed by atoms with van der Waals surface area (Å²) in [5, 5.41) is 13.4. The van der Waals surface area contributed by atoms with Crippen LogP contribution in [0.5, 0.6) is 0 Å². The van der Waals surface area contributed by atoms with E-state index in [0.29, 0.717) is 24.5 Å². The van der Waals surface area contributed by atoms with Gasteiger partial charge in [-0.2, -0.15) is 9.61 Å². The number of carbonyl (C=O) groups is 1. The molecule has 0 aliphatic carbocycles. The molecule has 0 radical (unpaired) electrons. The van der Waals surface area contributed by atoms with Gasteiger partial charge in [-0.25, -0.2) is 0 Å². The highest BCUT2D eigenvalue weighted by molar-refractivity contribution is 8.00. The summed E-state index contributed by atoms with van der Waals surface area (Å²) in [6.07, 6.45) is 0.678. The van der Waals surface area contributed by atoms with Crippen molar-refractivity contribution in [2.24, 2.45) is 0 Å². The summed E-state index contributed by atoms with van der Waals surface area (Å²) in [5.74, 6) is 0.469.